The van der Waals surface area contributed by atoms with E-state index in [0.29, 0.717) is 24.1 Å². The zero-order valence-electron chi connectivity index (χ0n) is 14.2. The van der Waals surface area contributed by atoms with Gasteiger partial charge < -0.3 is 10.4 Å². The first-order valence-electron chi connectivity index (χ1n) is 7.80. The van der Waals surface area contributed by atoms with E-state index >= 15 is 0 Å². The molecule has 1 heterocycles. The molecule has 1 amide bonds. The van der Waals surface area contributed by atoms with Crippen LogP contribution in [0.3, 0.4) is 0 Å². The monoisotopic (exact) mass is 309 g/mol. The molecular weight excluding hydrogens is 282 g/mol. The molecule has 0 aliphatic rings. The molecule has 0 atom stereocenters. The van der Waals surface area contributed by atoms with Crippen LogP contribution >= 0.6 is 0 Å². The molecule has 6 heteroatoms. The highest BCUT2D eigenvalue weighted by Crippen LogP contribution is 2.18. The molecule has 124 valence electrons. The topological polar surface area (TPSA) is 84.2 Å². The summed E-state index contributed by atoms with van der Waals surface area (Å²) in [6.45, 7) is 7.61. The fraction of sp³-hybridized carbons (Fsp3) is 0.688. The minimum absolute atomic E-state index is 0.102. The Morgan fingerprint density at radius 2 is 1.82 bits per heavy atom. The number of nitrogens with one attached hydrogen (secondary N) is 1. The fourth-order valence-electron chi connectivity index (χ4n) is 2.68. The second-order valence-corrected chi connectivity index (χ2v) is 5.92. The molecule has 6 nitrogen and oxygen atoms in total. The number of carbonyl (C=O) groups excluding carboxylic acids is 1. The number of carbonyl (C=O) groups is 1. The molecule has 0 saturated carbocycles. The van der Waals surface area contributed by atoms with Gasteiger partial charge in [0.15, 0.2) is 0 Å². The van der Waals surface area contributed by atoms with Crippen LogP contribution < -0.4 is 10.9 Å². The van der Waals surface area contributed by atoms with Gasteiger partial charge in [-0.2, -0.15) is 5.10 Å². The van der Waals surface area contributed by atoms with Crippen molar-refractivity contribution in [2.24, 2.45) is 7.05 Å². The lowest BCUT2D eigenvalue weighted by molar-refractivity contribution is 0.0212. The van der Waals surface area contributed by atoms with Crippen LogP contribution in [0.1, 0.15) is 61.1 Å². The summed E-state index contributed by atoms with van der Waals surface area (Å²) in [4.78, 5) is 24.5. The summed E-state index contributed by atoms with van der Waals surface area (Å²) < 4.78 is 1.17. The highest BCUT2D eigenvalue weighted by molar-refractivity contribution is 5.95. The maximum Gasteiger partial charge on any atom is 0.279 e. The standard InChI is InChI=1S/C16H27N3O3/c1-6-8-16(22,9-7-2)10-17-14(20)13-11(3)12(4)18-19(5)15(13)21/h22H,6-10H2,1-5H3,(H,17,20). The third-order valence-electron chi connectivity index (χ3n) is 3.96. The molecule has 0 fully saturated rings. The van der Waals surface area contributed by atoms with Crippen molar-refractivity contribution >= 4 is 5.91 Å². The average Bonchev–Trinajstić information content (AvgIpc) is 2.44. The second kappa shape index (κ2) is 7.54. The van der Waals surface area contributed by atoms with Gasteiger partial charge in [-0.05, 0) is 32.3 Å². The summed E-state index contributed by atoms with van der Waals surface area (Å²) in [5.74, 6) is -0.450. The maximum atomic E-state index is 12.4. The van der Waals surface area contributed by atoms with Gasteiger partial charge in [-0.15, -0.1) is 0 Å². The second-order valence-electron chi connectivity index (χ2n) is 5.92. The summed E-state index contributed by atoms with van der Waals surface area (Å²) >= 11 is 0. The molecule has 22 heavy (non-hydrogen) atoms. The van der Waals surface area contributed by atoms with E-state index in [4.69, 9.17) is 0 Å². The molecule has 0 spiro atoms. The third-order valence-corrected chi connectivity index (χ3v) is 3.96. The molecule has 1 aromatic heterocycles. The van der Waals surface area contributed by atoms with Crippen molar-refractivity contribution in [3.8, 4) is 0 Å². The first kappa shape index (κ1) is 18.4. The van der Waals surface area contributed by atoms with Gasteiger partial charge in [0.2, 0.25) is 0 Å². The minimum atomic E-state index is -0.916. The van der Waals surface area contributed by atoms with Crippen LogP contribution in [0, 0.1) is 13.8 Å². The Morgan fingerprint density at radius 1 is 1.27 bits per heavy atom. The van der Waals surface area contributed by atoms with Crippen molar-refractivity contribution in [1.82, 2.24) is 15.1 Å². The molecule has 0 aliphatic carbocycles. The predicted octanol–water partition coefficient (Wildman–Crippen LogP) is 1.46. The van der Waals surface area contributed by atoms with Crippen LogP contribution in [-0.2, 0) is 7.05 Å². The fourth-order valence-corrected chi connectivity index (χ4v) is 2.68. The molecule has 2 N–H and O–H groups in total. The summed E-state index contributed by atoms with van der Waals surface area (Å²) in [5, 5.41) is 17.3. The van der Waals surface area contributed by atoms with E-state index in [0.717, 1.165) is 12.8 Å². The predicted molar refractivity (Wildman–Crippen MR) is 86.1 cm³/mol. The van der Waals surface area contributed by atoms with Crippen LogP contribution in [-0.4, -0.2) is 32.9 Å². The average molecular weight is 309 g/mol. The molecular formula is C16H27N3O3. The van der Waals surface area contributed by atoms with Crippen LogP contribution in [0.25, 0.3) is 0 Å². The van der Waals surface area contributed by atoms with Gasteiger partial charge in [-0.25, -0.2) is 4.68 Å². The number of aromatic nitrogens is 2. The number of hydrogen-bond acceptors (Lipinski definition) is 4. The Morgan fingerprint density at radius 3 is 2.32 bits per heavy atom. The van der Waals surface area contributed by atoms with Gasteiger partial charge in [-0.1, -0.05) is 26.7 Å². The van der Waals surface area contributed by atoms with Crippen molar-refractivity contribution < 1.29 is 9.90 Å². The number of aliphatic hydroxyl groups is 1. The quantitative estimate of drug-likeness (QED) is 0.798. The number of aryl methyl sites for hydroxylation is 2. The van der Waals surface area contributed by atoms with E-state index in [1.165, 1.54) is 11.7 Å². The van der Waals surface area contributed by atoms with E-state index < -0.39 is 17.1 Å². The highest BCUT2D eigenvalue weighted by atomic mass is 16.3. The van der Waals surface area contributed by atoms with E-state index in [9.17, 15) is 14.7 Å². The Kier molecular flexibility index (Phi) is 6.29. The van der Waals surface area contributed by atoms with Crippen molar-refractivity contribution in [3.63, 3.8) is 0 Å². The van der Waals surface area contributed by atoms with Gasteiger partial charge in [0, 0.05) is 13.6 Å². The molecule has 0 aliphatic heterocycles. The van der Waals surface area contributed by atoms with Crippen molar-refractivity contribution in [2.75, 3.05) is 6.54 Å². The molecule has 0 unspecified atom stereocenters. The van der Waals surface area contributed by atoms with Gasteiger partial charge >= 0.3 is 0 Å². The first-order valence-corrected chi connectivity index (χ1v) is 7.80. The van der Waals surface area contributed by atoms with Crippen molar-refractivity contribution in [2.45, 2.75) is 59.0 Å². The number of amides is 1. The van der Waals surface area contributed by atoms with E-state index in [2.05, 4.69) is 10.4 Å². The van der Waals surface area contributed by atoms with E-state index in [1.54, 1.807) is 13.8 Å². The zero-order chi connectivity index (χ0) is 16.9. The van der Waals surface area contributed by atoms with Gasteiger partial charge in [-0.3, -0.25) is 9.59 Å². The van der Waals surface area contributed by atoms with Crippen LogP contribution in [0.15, 0.2) is 4.79 Å². The molecule has 1 aromatic rings. The molecule has 0 saturated heterocycles. The highest BCUT2D eigenvalue weighted by Gasteiger charge is 2.27. The molecule has 1 rings (SSSR count). The summed E-state index contributed by atoms with van der Waals surface area (Å²) in [6, 6.07) is 0. The minimum Gasteiger partial charge on any atom is -0.388 e. The normalized spacial score (nSPS) is 11.5. The Bertz CT molecular complexity index is 587. The Hall–Kier alpha value is -1.69. The lowest BCUT2D eigenvalue weighted by Crippen LogP contribution is -2.44. The number of hydrogen-bond donors (Lipinski definition) is 2. The Balaban J connectivity index is 2.97. The summed E-state index contributed by atoms with van der Waals surface area (Å²) in [6.07, 6.45) is 2.91. The van der Waals surface area contributed by atoms with Crippen LogP contribution in [0.2, 0.25) is 0 Å². The Labute approximate surface area is 131 Å². The maximum absolute atomic E-state index is 12.4. The van der Waals surface area contributed by atoms with Gasteiger partial charge in [0.25, 0.3) is 11.5 Å². The molecule has 0 radical (unpaired) electrons. The number of nitrogens with zero attached hydrogens (tertiary/aromatic N) is 2. The smallest absolute Gasteiger partial charge is 0.279 e. The zero-order valence-corrected chi connectivity index (χ0v) is 14.2. The number of rotatable bonds is 7. The van der Waals surface area contributed by atoms with Crippen LogP contribution in [0.5, 0.6) is 0 Å². The lowest BCUT2D eigenvalue weighted by Gasteiger charge is -2.27. The van der Waals surface area contributed by atoms with Gasteiger partial charge in [0.05, 0.1) is 11.3 Å². The lowest BCUT2D eigenvalue weighted by atomic mass is 9.92. The first-order chi connectivity index (χ1) is 10.3. The van der Waals surface area contributed by atoms with Crippen LogP contribution in [0.4, 0.5) is 0 Å². The van der Waals surface area contributed by atoms with Crippen molar-refractivity contribution in [3.05, 3.63) is 27.2 Å². The van der Waals surface area contributed by atoms with Crippen molar-refractivity contribution in [1.29, 1.82) is 0 Å². The third kappa shape index (κ3) is 4.16. The SMILES string of the molecule is CCCC(O)(CCC)CNC(=O)c1c(C)c(C)nn(C)c1=O. The van der Waals surface area contributed by atoms with E-state index in [1.807, 2.05) is 13.8 Å². The molecule has 0 aromatic carbocycles. The van der Waals surface area contributed by atoms with Gasteiger partial charge in [0.1, 0.15) is 5.56 Å². The molecule has 0 bridgehead atoms. The summed E-state index contributed by atoms with van der Waals surface area (Å²) in [5.41, 5.74) is -0.0133. The summed E-state index contributed by atoms with van der Waals surface area (Å²) in [7, 11) is 1.52. The largest absolute Gasteiger partial charge is 0.388 e. The van der Waals surface area contributed by atoms with E-state index in [-0.39, 0.29) is 12.1 Å².